The number of ether oxygens (including phenoxy) is 1. The van der Waals surface area contributed by atoms with Crippen molar-refractivity contribution in [2.24, 2.45) is 0 Å². The van der Waals surface area contributed by atoms with Gasteiger partial charge in [0.2, 0.25) is 5.91 Å². The van der Waals surface area contributed by atoms with Gasteiger partial charge in [-0.25, -0.2) is 0 Å². The van der Waals surface area contributed by atoms with E-state index in [0.717, 1.165) is 24.3 Å². The van der Waals surface area contributed by atoms with Gasteiger partial charge in [-0.2, -0.15) is 0 Å². The minimum atomic E-state index is 0.0427. The minimum absolute atomic E-state index is 0.0427. The number of rotatable bonds is 4. The van der Waals surface area contributed by atoms with Crippen LogP contribution in [0.2, 0.25) is 0 Å². The van der Waals surface area contributed by atoms with Crippen molar-refractivity contribution in [1.29, 1.82) is 0 Å². The number of carbonyl (C=O) groups excluding carboxylic acids is 1. The Balaban J connectivity index is 1.64. The average Bonchev–Trinajstić information content (AvgIpc) is 2.99. The summed E-state index contributed by atoms with van der Waals surface area (Å²) in [5.41, 5.74) is 0.900. The number of para-hydroxylation sites is 2. The summed E-state index contributed by atoms with van der Waals surface area (Å²) in [6.07, 6.45) is 2.50. The zero-order valence-corrected chi connectivity index (χ0v) is 12.9. The monoisotopic (exact) mass is 301 g/mol. The molecule has 3 nitrogen and oxygen atoms in total. The molecule has 1 aliphatic rings. The first-order chi connectivity index (χ1) is 10.2. The van der Waals surface area contributed by atoms with Crippen molar-refractivity contribution < 1.29 is 9.53 Å². The highest BCUT2D eigenvalue weighted by Gasteiger charge is 2.26. The number of anilines is 1. The Morgan fingerprint density at radius 3 is 3.00 bits per heavy atom. The molecule has 110 valence electrons. The highest BCUT2D eigenvalue weighted by Crippen LogP contribution is 2.33. The van der Waals surface area contributed by atoms with E-state index in [2.05, 4.69) is 17.5 Å². The topological polar surface area (TPSA) is 29.5 Å². The Hall–Kier alpha value is -1.81. The number of hydrogen-bond donors (Lipinski definition) is 0. The van der Waals surface area contributed by atoms with E-state index in [1.54, 1.807) is 11.3 Å². The summed E-state index contributed by atoms with van der Waals surface area (Å²) in [4.78, 5) is 15.7. The lowest BCUT2D eigenvalue weighted by Crippen LogP contribution is -2.42. The van der Waals surface area contributed by atoms with Gasteiger partial charge in [-0.1, -0.05) is 18.2 Å². The van der Waals surface area contributed by atoms with Gasteiger partial charge in [0.1, 0.15) is 11.9 Å². The molecule has 0 saturated heterocycles. The number of fused-ring (bicyclic) bond motifs is 1. The van der Waals surface area contributed by atoms with Crippen molar-refractivity contribution in [3.05, 3.63) is 46.7 Å². The molecule has 1 aliphatic heterocycles. The number of nitrogens with zero attached hydrogens (tertiary/aromatic N) is 1. The van der Waals surface area contributed by atoms with E-state index in [-0.39, 0.29) is 12.0 Å². The molecular formula is C17H19NO2S. The Morgan fingerprint density at radius 2 is 2.19 bits per heavy atom. The quantitative estimate of drug-likeness (QED) is 0.857. The second-order valence-corrected chi connectivity index (χ2v) is 6.37. The summed E-state index contributed by atoms with van der Waals surface area (Å²) >= 11 is 1.75. The molecular weight excluding hydrogens is 282 g/mol. The number of aryl methyl sites for hydroxylation is 1. The normalized spacial score (nSPS) is 17.2. The molecule has 4 heteroatoms. The first-order valence-electron chi connectivity index (χ1n) is 7.32. The summed E-state index contributed by atoms with van der Waals surface area (Å²) in [6.45, 7) is 2.64. The van der Waals surface area contributed by atoms with E-state index in [0.29, 0.717) is 13.0 Å². The summed E-state index contributed by atoms with van der Waals surface area (Å²) < 4.78 is 5.78. The maximum atomic E-state index is 12.5. The Morgan fingerprint density at radius 1 is 1.33 bits per heavy atom. The van der Waals surface area contributed by atoms with Crippen LogP contribution in [0, 0.1) is 0 Å². The fourth-order valence-electron chi connectivity index (χ4n) is 2.63. The summed E-state index contributed by atoms with van der Waals surface area (Å²) in [6, 6.07) is 12.0. The molecule has 0 aliphatic carbocycles. The van der Waals surface area contributed by atoms with E-state index in [9.17, 15) is 4.79 Å². The molecule has 3 rings (SSSR count). The van der Waals surface area contributed by atoms with Gasteiger partial charge < -0.3 is 9.64 Å². The Kier molecular flexibility index (Phi) is 4.25. The van der Waals surface area contributed by atoms with Crippen molar-refractivity contribution in [1.82, 2.24) is 0 Å². The van der Waals surface area contributed by atoms with E-state index in [4.69, 9.17) is 4.74 Å². The van der Waals surface area contributed by atoms with Gasteiger partial charge in [0, 0.05) is 11.3 Å². The first kappa shape index (κ1) is 14.1. The zero-order chi connectivity index (χ0) is 14.7. The van der Waals surface area contributed by atoms with Gasteiger partial charge in [-0.05, 0) is 43.3 Å². The van der Waals surface area contributed by atoms with Crippen LogP contribution < -0.4 is 9.64 Å². The number of benzene rings is 1. The highest BCUT2D eigenvalue weighted by molar-refractivity contribution is 7.09. The smallest absolute Gasteiger partial charge is 0.227 e. The van der Waals surface area contributed by atoms with Crippen molar-refractivity contribution in [2.75, 3.05) is 11.4 Å². The molecule has 2 aromatic rings. The molecule has 0 saturated carbocycles. The van der Waals surface area contributed by atoms with E-state index >= 15 is 0 Å². The van der Waals surface area contributed by atoms with Crippen molar-refractivity contribution in [3.8, 4) is 5.75 Å². The predicted molar refractivity (Wildman–Crippen MR) is 86.1 cm³/mol. The SMILES string of the molecule is CC1CN(C(=O)CCCc2cccs2)c2ccccc2O1. The third-order valence-electron chi connectivity index (χ3n) is 3.62. The van der Waals surface area contributed by atoms with Crippen LogP contribution >= 0.6 is 11.3 Å². The average molecular weight is 301 g/mol. The number of thiophene rings is 1. The van der Waals surface area contributed by atoms with Gasteiger partial charge in [-0.15, -0.1) is 11.3 Å². The number of amides is 1. The van der Waals surface area contributed by atoms with Gasteiger partial charge in [0.15, 0.2) is 0 Å². The zero-order valence-electron chi connectivity index (χ0n) is 12.1. The molecule has 0 N–H and O–H groups in total. The number of carbonyl (C=O) groups is 1. The molecule has 21 heavy (non-hydrogen) atoms. The summed E-state index contributed by atoms with van der Waals surface area (Å²) in [5.74, 6) is 0.997. The molecule has 1 amide bonds. The van der Waals surface area contributed by atoms with E-state index in [1.165, 1.54) is 4.88 Å². The van der Waals surface area contributed by atoms with Crippen molar-refractivity contribution in [2.45, 2.75) is 32.3 Å². The lowest BCUT2D eigenvalue weighted by Gasteiger charge is -2.33. The van der Waals surface area contributed by atoms with Crippen LogP contribution in [-0.4, -0.2) is 18.6 Å². The van der Waals surface area contributed by atoms with Crippen LogP contribution in [0.5, 0.6) is 5.75 Å². The molecule has 0 spiro atoms. The molecule has 0 fully saturated rings. The Bertz CT molecular complexity index is 609. The molecule has 0 bridgehead atoms. The van der Waals surface area contributed by atoms with E-state index in [1.807, 2.05) is 36.1 Å². The van der Waals surface area contributed by atoms with Crippen LogP contribution in [-0.2, 0) is 11.2 Å². The highest BCUT2D eigenvalue weighted by atomic mass is 32.1. The van der Waals surface area contributed by atoms with Gasteiger partial charge in [-0.3, -0.25) is 4.79 Å². The van der Waals surface area contributed by atoms with Crippen LogP contribution in [0.25, 0.3) is 0 Å². The fourth-order valence-corrected chi connectivity index (χ4v) is 3.38. The molecule has 2 heterocycles. The summed E-state index contributed by atoms with van der Waals surface area (Å²) in [5, 5.41) is 2.08. The van der Waals surface area contributed by atoms with Crippen LogP contribution in [0.15, 0.2) is 41.8 Å². The van der Waals surface area contributed by atoms with E-state index < -0.39 is 0 Å². The lowest BCUT2D eigenvalue weighted by molar-refractivity contribution is -0.119. The van der Waals surface area contributed by atoms with Crippen LogP contribution in [0.3, 0.4) is 0 Å². The first-order valence-corrected chi connectivity index (χ1v) is 8.20. The van der Waals surface area contributed by atoms with Gasteiger partial charge in [0.05, 0.1) is 12.2 Å². The van der Waals surface area contributed by atoms with Gasteiger partial charge >= 0.3 is 0 Å². The maximum Gasteiger partial charge on any atom is 0.227 e. The third kappa shape index (κ3) is 3.27. The predicted octanol–water partition coefficient (Wildman–Crippen LogP) is 3.88. The molecule has 1 unspecified atom stereocenters. The summed E-state index contributed by atoms with van der Waals surface area (Å²) in [7, 11) is 0. The van der Waals surface area contributed by atoms with Gasteiger partial charge in [0.25, 0.3) is 0 Å². The third-order valence-corrected chi connectivity index (χ3v) is 4.56. The molecule has 1 aromatic carbocycles. The van der Waals surface area contributed by atoms with Crippen molar-refractivity contribution >= 4 is 22.9 Å². The second-order valence-electron chi connectivity index (χ2n) is 5.33. The number of hydrogen-bond acceptors (Lipinski definition) is 3. The fraction of sp³-hybridized carbons (Fsp3) is 0.353. The minimum Gasteiger partial charge on any atom is -0.487 e. The lowest BCUT2D eigenvalue weighted by atomic mass is 10.1. The molecule has 0 radical (unpaired) electrons. The Labute approximate surface area is 129 Å². The standard InChI is InChI=1S/C17H19NO2S/c1-13-12-18(15-8-2-3-9-16(15)20-13)17(19)10-4-6-14-7-5-11-21-14/h2-3,5,7-9,11,13H,4,6,10,12H2,1H3. The molecule has 1 aromatic heterocycles. The largest absolute Gasteiger partial charge is 0.487 e. The molecule has 1 atom stereocenters. The van der Waals surface area contributed by atoms with Crippen LogP contribution in [0.4, 0.5) is 5.69 Å². The maximum absolute atomic E-state index is 12.5. The second kappa shape index (κ2) is 6.31. The van der Waals surface area contributed by atoms with Crippen molar-refractivity contribution in [3.63, 3.8) is 0 Å². The van der Waals surface area contributed by atoms with Crippen LogP contribution in [0.1, 0.15) is 24.6 Å².